The smallest absolute Gasteiger partial charge is 0.310 e. The van der Waals surface area contributed by atoms with Crippen LogP contribution in [0.1, 0.15) is 19.8 Å². The van der Waals surface area contributed by atoms with E-state index in [0.717, 1.165) is 6.42 Å². The van der Waals surface area contributed by atoms with Crippen LogP contribution in [0, 0.1) is 0 Å². The van der Waals surface area contributed by atoms with Crippen molar-refractivity contribution in [2.75, 3.05) is 6.61 Å². The molecule has 3 nitrogen and oxygen atoms in total. The molecule has 0 bridgehead atoms. The largest absolute Gasteiger partial charge is 0.465 e. The molecule has 0 aromatic carbocycles. The van der Waals surface area contributed by atoms with Gasteiger partial charge in [0.2, 0.25) is 5.24 Å². The minimum absolute atomic E-state index is 0.0674. The number of esters is 1. The van der Waals surface area contributed by atoms with Crippen molar-refractivity contribution in [1.29, 1.82) is 0 Å². The van der Waals surface area contributed by atoms with Crippen LogP contribution in [0.2, 0.25) is 0 Å². The maximum Gasteiger partial charge on any atom is 0.310 e. The first-order chi connectivity index (χ1) is 5.57. The Morgan fingerprint density at radius 1 is 1.50 bits per heavy atom. The molecule has 0 aromatic rings. The summed E-state index contributed by atoms with van der Waals surface area (Å²) in [6, 6.07) is 0. The molecular weight excluding hydrogens is 180 g/mol. The summed E-state index contributed by atoms with van der Waals surface area (Å²) in [5.41, 5.74) is 0.0674. The maximum absolute atomic E-state index is 10.8. The van der Waals surface area contributed by atoms with E-state index in [2.05, 4.69) is 6.58 Å². The normalized spacial score (nSPS) is 9.17. The molecule has 0 heterocycles. The lowest BCUT2D eigenvalue weighted by atomic mass is 10.2. The topological polar surface area (TPSA) is 43.4 Å². The van der Waals surface area contributed by atoms with E-state index in [4.69, 9.17) is 16.3 Å². The summed E-state index contributed by atoms with van der Waals surface area (Å²) in [6.45, 7) is 5.57. The van der Waals surface area contributed by atoms with Gasteiger partial charge in [-0.25, -0.2) is 0 Å². The third-order valence-electron chi connectivity index (χ3n) is 1.10. The zero-order valence-electron chi connectivity index (χ0n) is 6.93. The van der Waals surface area contributed by atoms with Gasteiger partial charge in [-0.05, 0) is 18.0 Å². The molecule has 0 rings (SSSR count). The molecule has 0 amide bonds. The summed E-state index contributed by atoms with van der Waals surface area (Å²) >= 11 is 5.06. The van der Waals surface area contributed by atoms with Gasteiger partial charge in [-0.1, -0.05) is 13.5 Å². The molecule has 0 aromatic heterocycles. The van der Waals surface area contributed by atoms with Gasteiger partial charge in [0.15, 0.2) is 0 Å². The highest BCUT2D eigenvalue weighted by atomic mass is 35.5. The van der Waals surface area contributed by atoms with Gasteiger partial charge in [-0.3, -0.25) is 9.59 Å². The third kappa shape index (κ3) is 4.91. The highest BCUT2D eigenvalue weighted by molar-refractivity contribution is 6.67. The van der Waals surface area contributed by atoms with Crippen LogP contribution in [-0.2, 0) is 14.3 Å². The Labute approximate surface area is 76.3 Å². The van der Waals surface area contributed by atoms with Gasteiger partial charge < -0.3 is 4.74 Å². The molecule has 0 N–H and O–H groups in total. The van der Waals surface area contributed by atoms with E-state index in [0.29, 0.717) is 6.61 Å². The van der Waals surface area contributed by atoms with Gasteiger partial charge in [0.05, 0.1) is 13.0 Å². The summed E-state index contributed by atoms with van der Waals surface area (Å²) in [5, 5.41) is -0.691. The van der Waals surface area contributed by atoms with E-state index < -0.39 is 11.2 Å². The predicted octanol–water partition coefficient (Wildman–Crippen LogP) is 1.65. The number of carbonyl (C=O) groups is 2. The first-order valence-corrected chi connectivity index (χ1v) is 3.99. The Hall–Kier alpha value is -0.830. The van der Waals surface area contributed by atoms with Gasteiger partial charge in [0, 0.05) is 5.57 Å². The Morgan fingerprint density at radius 2 is 2.08 bits per heavy atom. The predicted molar refractivity (Wildman–Crippen MR) is 45.9 cm³/mol. The van der Waals surface area contributed by atoms with E-state index in [1.165, 1.54) is 0 Å². The van der Waals surface area contributed by atoms with Crippen molar-refractivity contribution in [2.24, 2.45) is 0 Å². The molecule has 0 unspecified atom stereocenters. The number of halogens is 1. The molecule has 0 aliphatic carbocycles. The fourth-order valence-corrected chi connectivity index (χ4v) is 0.577. The summed E-state index contributed by atoms with van der Waals surface area (Å²) < 4.78 is 4.70. The minimum Gasteiger partial charge on any atom is -0.465 e. The average molecular weight is 191 g/mol. The molecule has 0 saturated heterocycles. The summed E-state index contributed by atoms with van der Waals surface area (Å²) in [4.78, 5) is 21.2. The molecular formula is C8H11ClO3. The minimum atomic E-state index is -0.691. The second kappa shape index (κ2) is 5.77. The number of hydrogen-bond acceptors (Lipinski definition) is 3. The molecule has 0 atom stereocenters. The molecule has 0 fully saturated rings. The zero-order valence-corrected chi connectivity index (χ0v) is 7.69. The molecule has 0 aliphatic rings. The van der Waals surface area contributed by atoms with E-state index in [9.17, 15) is 9.59 Å². The molecule has 0 spiro atoms. The molecule has 68 valence electrons. The second-order valence-electron chi connectivity index (χ2n) is 2.27. The number of hydrogen-bond donors (Lipinski definition) is 0. The van der Waals surface area contributed by atoms with Gasteiger partial charge in [0.25, 0.3) is 0 Å². The Morgan fingerprint density at radius 3 is 2.50 bits per heavy atom. The lowest BCUT2D eigenvalue weighted by Gasteiger charge is -2.01. The Kier molecular flexibility index (Phi) is 5.37. The number of rotatable bonds is 5. The van der Waals surface area contributed by atoms with Gasteiger partial charge in [-0.15, -0.1) is 0 Å². The standard InChI is InChI=1S/C8H11ClO3/c1-3-4-12-7(10)5-6(2)8(9)11/h2-5H2,1H3. The van der Waals surface area contributed by atoms with Crippen molar-refractivity contribution in [1.82, 2.24) is 0 Å². The fourth-order valence-electron chi connectivity index (χ4n) is 0.511. The van der Waals surface area contributed by atoms with Crippen molar-refractivity contribution < 1.29 is 14.3 Å². The zero-order chi connectivity index (χ0) is 9.56. The third-order valence-corrected chi connectivity index (χ3v) is 1.37. The van der Waals surface area contributed by atoms with Crippen LogP contribution in [0.25, 0.3) is 0 Å². The Bertz CT molecular complexity index is 198. The van der Waals surface area contributed by atoms with Crippen LogP contribution >= 0.6 is 11.6 Å². The number of carbonyl (C=O) groups excluding carboxylic acids is 2. The fraction of sp³-hybridized carbons (Fsp3) is 0.500. The highest BCUT2D eigenvalue weighted by Gasteiger charge is 2.09. The van der Waals surface area contributed by atoms with Gasteiger partial charge in [0.1, 0.15) is 0 Å². The average Bonchev–Trinajstić information content (AvgIpc) is 2.00. The van der Waals surface area contributed by atoms with E-state index in [-0.39, 0.29) is 12.0 Å². The van der Waals surface area contributed by atoms with Crippen molar-refractivity contribution in [3.63, 3.8) is 0 Å². The second-order valence-corrected chi connectivity index (χ2v) is 2.62. The quantitative estimate of drug-likeness (QED) is 0.376. The SMILES string of the molecule is C=C(CC(=O)OCCC)C(=O)Cl. The van der Waals surface area contributed by atoms with E-state index in [1.807, 2.05) is 6.92 Å². The van der Waals surface area contributed by atoms with Crippen LogP contribution in [0.4, 0.5) is 0 Å². The number of ether oxygens (including phenoxy) is 1. The van der Waals surface area contributed by atoms with Crippen LogP contribution in [-0.4, -0.2) is 17.8 Å². The first kappa shape index (κ1) is 11.2. The van der Waals surface area contributed by atoms with Crippen LogP contribution in [0.3, 0.4) is 0 Å². The summed E-state index contributed by atoms with van der Waals surface area (Å²) in [5.74, 6) is -0.462. The maximum atomic E-state index is 10.8. The van der Waals surface area contributed by atoms with Crippen LogP contribution in [0.15, 0.2) is 12.2 Å². The van der Waals surface area contributed by atoms with Crippen molar-refractivity contribution in [3.8, 4) is 0 Å². The monoisotopic (exact) mass is 190 g/mol. The molecule has 12 heavy (non-hydrogen) atoms. The van der Waals surface area contributed by atoms with Crippen molar-refractivity contribution in [3.05, 3.63) is 12.2 Å². The Balaban J connectivity index is 3.69. The highest BCUT2D eigenvalue weighted by Crippen LogP contribution is 2.04. The molecule has 0 radical (unpaired) electrons. The van der Waals surface area contributed by atoms with Crippen molar-refractivity contribution in [2.45, 2.75) is 19.8 Å². The van der Waals surface area contributed by atoms with Gasteiger partial charge >= 0.3 is 5.97 Å². The summed E-state index contributed by atoms with van der Waals surface area (Å²) in [6.07, 6.45) is 0.634. The lowest BCUT2D eigenvalue weighted by Crippen LogP contribution is -2.08. The van der Waals surface area contributed by atoms with Crippen LogP contribution < -0.4 is 0 Å². The first-order valence-electron chi connectivity index (χ1n) is 3.61. The summed E-state index contributed by atoms with van der Waals surface area (Å²) in [7, 11) is 0. The van der Waals surface area contributed by atoms with E-state index in [1.54, 1.807) is 0 Å². The van der Waals surface area contributed by atoms with Crippen LogP contribution in [0.5, 0.6) is 0 Å². The molecule has 4 heteroatoms. The lowest BCUT2D eigenvalue weighted by molar-refractivity contribution is -0.143. The molecule has 0 aliphatic heterocycles. The van der Waals surface area contributed by atoms with Crippen molar-refractivity contribution >= 4 is 22.8 Å². The van der Waals surface area contributed by atoms with Gasteiger partial charge in [-0.2, -0.15) is 0 Å². The molecule has 0 saturated carbocycles. The van der Waals surface area contributed by atoms with E-state index >= 15 is 0 Å².